The molecule has 4 rings (SSSR count). The first kappa shape index (κ1) is 17.0. The van der Waals surface area contributed by atoms with Crippen molar-refractivity contribution in [2.75, 3.05) is 11.4 Å². The van der Waals surface area contributed by atoms with E-state index in [1.165, 1.54) is 5.56 Å². The van der Waals surface area contributed by atoms with Crippen molar-refractivity contribution in [3.8, 4) is 0 Å². The highest BCUT2D eigenvalue weighted by Crippen LogP contribution is 2.16. The first-order chi connectivity index (χ1) is 13.3. The third-order valence-electron chi connectivity index (χ3n) is 4.54. The number of para-hydroxylation sites is 2. The lowest BCUT2D eigenvalue weighted by atomic mass is 10.1. The van der Waals surface area contributed by atoms with Gasteiger partial charge in [-0.1, -0.05) is 65.9 Å². The Kier molecular flexibility index (Phi) is 4.92. The van der Waals surface area contributed by atoms with Gasteiger partial charge in [-0.05, 0) is 36.2 Å². The molecule has 1 amide bonds. The van der Waals surface area contributed by atoms with Gasteiger partial charge in [0.1, 0.15) is 12.1 Å². The fourth-order valence-corrected chi connectivity index (χ4v) is 3.14. The number of rotatable bonds is 6. The molecule has 0 atom stereocenters. The maximum atomic E-state index is 13.1. The standard InChI is InChI=1S/C22H20N4O/c27-22(17-26-21-14-8-7-13-20(21)23-24-26)25(19-11-5-2-6-12-19)16-15-18-9-3-1-4-10-18/h1-14H,15-17H2. The van der Waals surface area contributed by atoms with Crippen molar-refractivity contribution in [1.29, 1.82) is 0 Å². The number of benzene rings is 3. The second-order valence-electron chi connectivity index (χ2n) is 6.35. The van der Waals surface area contributed by atoms with E-state index < -0.39 is 0 Å². The van der Waals surface area contributed by atoms with Crippen LogP contribution < -0.4 is 4.90 Å². The summed E-state index contributed by atoms with van der Waals surface area (Å²) in [6.07, 6.45) is 0.791. The quantitative estimate of drug-likeness (QED) is 0.529. The van der Waals surface area contributed by atoms with Gasteiger partial charge in [0.05, 0.1) is 5.52 Å². The monoisotopic (exact) mass is 356 g/mol. The minimum Gasteiger partial charge on any atom is -0.310 e. The summed E-state index contributed by atoms with van der Waals surface area (Å²) in [5.41, 5.74) is 3.75. The van der Waals surface area contributed by atoms with E-state index in [4.69, 9.17) is 0 Å². The van der Waals surface area contributed by atoms with Crippen LogP contribution in [0.3, 0.4) is 0 Å². The lowest BCUT2D eigenvalue weighted by Crippen LogP contribution is -2.35. The molecule has 0 N–H and O–H groups in total. The zero-order valence-corrected chi connectivity index (χ0v) is 14.9. The van der Waals surface area contributed by atoms with Gasteiger partial charge in [0, 0.05) is 12.2 Å². The van der Waals surface area contributed by atoms with Gasteiger partial charge in [0.25, 0.3) is 0 Å². The SMILES string of the molecule is O=C(Cn1nnc2ccccc21)N(CCc1ccccc1)c1ccccc1. The van der Waals surface area contributed by atoms with Gasteiger partial charge in [0.15, 0.2) is 0 Å². The third kappa shape index (κ3) is 3.87. The average molecular weight is 356 g/mol. The fourth-order valence-electron chi connectivity index (χ4n) is 3.14. The molecule has 134 valence electrons. The molecule has 0 saturated heterocycles. The van der Waals surface area contributed by atoms with E-state index in [0.717, 1.165) is 23.1 Å². The van der Waals surface area contributed by atoms with Crippen LogP contribution in [0.4, 0.5) is 5.69 Å². The Hall–Kier alpha value is -3.47. The second kappa shape index (κ2) is 7.83. The van der Waals surface area contributed by atoms with Gasteiger partial charge in [-0.25, -0.2) is 4.68 Å². The molecule has 27 heavy (non-hydrogen) atoms. The predicted molar refractivity (Wildman–Crippen MR) is 106 cm³/mol. The number of nitrogens with zero attached hydrogens (tertiary/aromatic N) is 4. The number of carbonyl (C=O) groups excluding carboxylic acids is 1. The number of carbonyl (C=O) groups is 1. The number of hydrogen-bond donors (Lipinski definition) is 0. The molecule has 0 aliphatic rings. The molecule has 3 aromatic carbocycles. The Balaban J connectivity index is 1.56. The van der Waals surface area contributed by atoms with Gasteiger partial charge in [0.2, 0.25) is 5.91 Å². The Morgan fingerprint density at radius 1 is 0.852 bits per heavy atom. The Labute approximate surface area is 157 Å². The minimum atomic E-state index is -0.00668. The largest absolute Gasteiger partial charge is 0.310 e. The first-order valence-corrected chi connectivity index (χ1v) is 8.99. The molecule has 1 aromatic heterocycles. The highest BCUT2D eigenvalue weighted by molar-refractivity contribution is 5.93. The van der Waals surface area contributed by atoms with Crippen molar-refractivity contribution in [3.63, 3.8) is 0 Å². The van der Waals surface area contributed by atoms with Crippen molar-refractivity contribution in [2.45, 2.75) is 13.0 Å². The number of hydrogen-bond acceptors (Lipinski definition) is 3. The smallest absolute Gasteiger partial charge is 0.248 e. The molecule has 1 heterocycles. The molecule has 0 unspecified atom stereocenters. The van der Waals surface area contributed by atoms with E-state index in [1.54, 1.807) is 4.68 Å². The van der Waals surface area contributed by atoms with Crippen LogP contribution in [0.25, 0.3) is 11.0 Å². The predicted octanol–water partition coefficient (Wildman–Crippen LogP) is 3.71. The minimum absolute atomic E-state index is 0.00668. The summed E-state index contributed by atoms with van der Waals surface area (Å²) < 4.78 is 1.66. The molecule has 5 nitrogen and oxygen atoms in total. The zero-order chi connectivity index (χ0) is 18.5. The van der Waals surface area contributed by atoms with Crippen LogP contribution in [-0.2, 0) is 17.8 Å². The van der Waals surface area contributed by atoms with Crippen molar-refractivity contribution < 1.29 is 4.79 Å². The maximum absolute atomic E-state index is 13.1. The molecular formula is C22H20N4O. The normalized spacial score (nSPS) is 10.8. The van der Waals surface area contributed by atoms with Gasteiger partial charge in [-0.3, -0.25) is 4.79 Å². The molecule has 0 bridgehead atoms. The van der Waals surface area contributed by atoms with E-state index in [-0.39, 0.29) is 12.5 Å². The van der Waals surface area contributed by atoms with Crippen LogP contribution in [0.2, 0.25) is 0 Å². The van der Waals surface area contributed by atoms with Gasteiger partial charge in [-0.15, -0.1) is 5.10 Å². The molecule has 0 saturated carbocycles. The highest BCUT2D eigenvalue weighted by atomic mass is 16.2. The molecule has 4 aromatic rings. The van der Waals surface area contributed by atoms with Crippen LogP contribution in [0.1, 0.15) is 5.56 Å². The second-order valence-corrected chi connectivity index (χ2v) is 6.35. The Morgan fingerprint density at radius 3 is 2.30 bits per heavy atom. The molecule has 0 spiro atoms. The van der Waals surface area contributed by atoms with Crippen molar-refractivity contribution in [1.82, 2.24) is 15.0 Å². The van der Waals surface area contributed by atoms with Gasteiger partial charge >= 0.3 is 0 Å². The Morgan fingerprint density at radius 2 is 1.52 bits per heavy atom. The first-order valence-electron chi connectivity index (χ1n) is 8.99. The van der Waals surface area contributed by atoms with E-state index in [1.807, 2.05) is 77.7 Å². The topological polar surface area (TPSA) is 51.0 Å². The van der Waals surface area contributed by atoms with Crippen LogP contribution in [0, 0.1) is 0 Å². The number of amides is 1. The summed E-state index contributed by atoms with van der Waals surface area (Å²) in [6, 6.07) is 27.6. The van der Waals surface area contributed by atoms with Crippen LogP contribution >= 0.6 is 0 Å². The van der Waals surface area contributed by atoms with Gasteiger partial charge in [-0.2, -0.15) is 0 Å². The summed E-state index contributed by atoms with van der Waals surface area (Å²) in [5.74, 6) is -0.00668. The lowest BCUT2D eigenvalue weighted by molar-refractivity contribution is -0.119. The van der Waals surface area contributed by atoms with Gasteiger partial charge < -0.3 is 4.90 Å². The van der Waals surface area contributed by atoms with Crippen LogP contribution in [0.15, 0.2) is 84.9 Å². The summed E-state index contributed by atoms with van der Waals surface area (Å²) in [4.78, 5) is 14.9. The average Bonchev–Trinajstić information content (AvgIpc) is 3.13. The van der Waals surface area contributed by atoms with E-state index in [9.17, 15) is 4.79 Å². The summed E-state index contributed by atoms with van der Waals surface area (Å²) in [5, 5.41) is 8.29. The van der Waals surface area contributed by atoms with Crippen molar-refractivity contribution in [3.05, 3.63) is 90.5 Å². The zero-order valence-electron chi connectivity index (χ0n) is 14.9. The summed E-state index contributed by atoms with van der Waals surface area (Å²) in [6.45, 7) is 0.768. The van der Waals surface area contributed by atoms with E-state index in [2.05, 4.69) is 22.4 Å². The number of aromatic nitrogens is 3. The summed E-state index contributed by atoms with van der Waals surface area (Å²) in [7, 11) is 0. The fraction of sp³-hybridized carbons (Fsp3) is 0.136. The molecule has 5 heteroatoms. The molecule has 0 aliphatic carbocycles. The lowest BCUT2D eigenvalue weighted by Gasteiger charge is -2.23. The Bertz CT molecular complexity index is 1030. The third-order valence-corrected chi connectivity index (χ3v) is 4.54. The number of fused-ring (bicyclic) bond motifs is 1. The molecule has 0 aliphatic heterocycles. The number of anilines is 1. The summed E-state index contributed by atoms with van der Waals surface area (Å²) >= 11 is 0. The molecule has 0 radical (unpaired) electrons. The molecular weight excluding hydrogens is 336 g/mol. The maximum Gasteiger partial charge on any atom is 0.248 e. The molecule has 0 fully saturated rings. The van der Waals surface area contributed by atoms with E-state index in [0.29, 0.717) is 6.54 Å². The van der Waals surface area contributed by atoms with Crippen molar-refractivity contribution in [2.24, 2.45) is 0 Å². The van der Waals surface area contributed by atoms with Crippen LogP contribution in [-0.4, -0.2) is 27.4 Å². The van der Waals surface area contributed by atoms with Crippen LogP contribution in [0.5, 0.6) is 0 Å². The highest BCUT2D eigenvalue weighted by Gasteiger charge is 2.18. The van der Waals surface area contributed by atoms with E-state index >= 15 is 0 Å². The van der Waals surface area contributed by atoms with Crippen molar-refractivity contribution >= 4 is 22.6 Å².